The van der Waals surface area contributed by atoms with Crippen molar-refractivity contribution in [3.63, 3.8) is 0 Å². The van der Waals surface area contributed by atoms with Crippen LogP contribution in [0.4, 0.5) is 0 Å². The van der Waals surface area contributed by atoms with Crippen molar-refractivity contribution in [2.45, 2.75) is 38.5 Å². The summed E-state index contributed by atoms with van der Waals surface area (Å²) in [6.45, 7) is 4.21. The van der Waals surface area contributed by atoms with Crippen molar-refractivity contribution >= 4 is 17.9 Å². The molecule has 0 radical (unpaired) electrons. The zero-order chi connectivity index (χ0) is 20.1. The number of hydrogen-bond acceptors (Lipinski definition) is 4. The Bertz CT molecular complexity index is 760. The van der Waals surface area contributed by atoms with Gasteiger partial charge in [0.25, 0.3) is 0 Å². The minimum Gasteiger partial charge on any atom is -0.486 e. The molecule has 2 amide bonds. The number of rotatable bonds is 3. The van der Waals surface area contributed by atoms with E-state index in [1.54, 1.807) is 6.08 Å². The predicted octanol–water partition coefficient (Wildman–Crippen LogP) is 3.11. The first-order valence-corrected chi connectivity index (χ1v) is 10.9. The first kappa shape index (κ1) is 19.8. The maximum atomic E-state index is 12.8. The number of likely N-dealkylation sites (tertiary alicyclic amines) is 2. The van der Waals surface area contributed by atoms with Gasteiger partial charge < -0.3 is 19.3 Å². The first-order chi connectivity index (χ1) is 14.2. The summed E-state index contributed by atoms with van der Waals surface area (Å²) in [4.78, 5) is 29.3. The summed E-state index contributed by atoms with van der Waals surface area (Å²) in [6, 6.07) is 5.69. The summed E-state index contributed by atoms with van der Waals surface area (Å²) >= 11 is 0. The summed E-state index contributed by atoms with van der Waals surface area (Å²) in [6.07, 6.45) is 9.65. The lowest BCUT2D eigenvalue weighted by molar-refractivity contribution is -0.139. The third-order valence-corrected chi connectivity index (χ3v) is 6.06. The van der Waals surface area contributed by atoms with E-state index in [1.165, 1.54) is 12.8 Å². The summed E-state index contributed by atoms with van der Waals surface area (Å²) in [7, 11) is 0. The molecule has 6 heteroatoms. The molecule has 2 fully saturated rings. The fourth-order valence-electron chi connectivity index (χ4n) is 4.33. The van der Waals surface area contributed by atoms with Crippen LogP contribution in [0.2, 0.25) is 0 Å². The molecule has 0 aromatic heterocycles. The molecule has 0 spiro atoms. The number of benzene rings is 1. The quantitative estimate of drug-likeness (QED) is 0.734. The van der Waals surface area contributed by atoms with Crippen molar-refractivity contribution in [2.24, 2.45) is 5.92 Å². The minimum atomic E-state index is 0.000519. The maximum absolute atomic E-state index is 12.8. The van der Waals surface area contributed by atoms with Crippen LogP contribution < -0.4 is 9.47 Å². The standard InChI is InChI=1S/C23H30N2O4/c26-22(8-6-18-5-7-20-21(17-18)29-16-15-28-20)24-13-9-19(10-14-24)23(27)25-11-3-1-2-4-12-25/h5-8,17,19H,1-4,9-16H2/b8-6+. The molecule has 4 rings (SSSR count). The fourth-order valence-corrected chi connectivity index (χ4v) is 4.33. The molecule has 0 bridgehead atoms. The van der Waals surface area contributed by atoms with E-state index in [0.29, 0.717) is 32.2 Å². The third kappa shape index (κ3) is 4.92. The van der Waals surface area contributed by atoms with Gasteiger partial charge in [-0.25, -0.2) is 0 Å². The number of piperidine rings is 1. The van der Waals surface area contributed by atoms with Crippen molar-refractivity contribution in [3.8, 4) is 11.5 Å². The van der Waals surface area contributed by atoms with Crippen LogP contribution in [0.15, 0.2) is 24.3 Å². The summed E-state index contributed by atoms with van der Waals surface area (Å²) in [5, 5.41) is 0. The lowest BCUT2D eigenvalue weighted by atomic mass is 9.95. The molecule has 1 aromatic carbocycles. The second kappa shape index (κ2) is 9.33. The van der Waals surface area contributed by atoms with Crippen LogP contribution in [0.1, 0.15) is 44.1 Å². The van der Waals surface area contributed by atoms with Crippen molar-refractivity contribution in [1.82, 2.24) is 9.80 Å². The summed E-state index contributed by atoms with van der Waals surface area (Å²) < 4.78 is 11.1. The molecule has 0 atom stereocenters. The van der Waals surface area contributed by atoms with Crippen molar-refractivity contribution in [3.05, 3.63) is 29.8 Å². The van der Waals surface area contributed by atoms with Gasteiger partial charge in [0.1, 0.15) is 13.2 Å². The monoisotopic (exact) mass is 398 g/mol. The molecule has 1 aromatic rings. The normalized spacial score (nSPS) is 20.6. The minimum absolute atomic E-state index is 0.000519. The molecule has 6 nitrogen and oxygen atoms in total. The lowest BCUT2D eigenvalue weighted by Crippen LogP contribution is -2.44. The summed E-state index contributed by atoms with van der Waals surface area (Å²) in [5.41, 5.74) is 0.911. The van der Waals surface area contributed by atoms with Crippen LogP contribution >= 0.6 is 0 Å². The van der Waals surface area contributed by atoms with Gasteiger partial charge in [0.05, 0.1) is 0 Å². The fraction of sp³-hybridized carbons (Fsp3) is 0.565. The van der Waals surface area contributed by atoms with Crippen molar-refractivity contribution in [1.29, 1.82) is 0 Å². The SMILES string of the molecule is O=C(/C=C/c1ccc2c(c1)OCCO2)N1CCC(C(=O)N2CCCCCC2)CC1. The highest BCUT2D eigenvalue weighted by atomic mass is 16.6. The van der Waals surface area contributed by atoms with E-state index in [9.17, 15) is 9.59 Å². The van der Waals surface area contributed by atoms with Gasteiger partial charge in [-0.15, -0.1) is 0 Å². The van der Waals surface area contributed by atoms with E-state index in [1.807, 2.05) is 29.2 Å². The second-order valence-corrected chi connectivity index (χ2v) is 8.08. The molecule has 3 aliphatic heterocycles. The van der Waals surface area contributed by atoms with E-state index < -0.39 is 0 Å². The second-order valence-electron chi connectivity index (χ2n) is 8.08. The topological polar surface area (TPSA) is 59.1 Å². The van der Waals surface area contributed by atoms with Gasteiger partial charge in [-0.1, -0.05) is 18.9 Å². The van der Waals surface area contributed by atoms with Crippen molar-refractivity contribution < 1.29 is 19.1 Å². The average molecular weight is 399 g/mol. The highest BCUT2D eigenvalue weighted by Gasteiger charge is 2.29. The van der Waals surface area contributed by atoms with Gasteiger partial charge in [-0.05, 0) is 49.5 Å². The molecule has 29 heavy (non-hydrogen) atoms. The zero-order valence-electron chi connectivity index (χ0n) is 17.0. The van der Waals surface area contributed by atoms with Gasteiger partial charge in [0.2, 0.25) is 11.8 Å². The number of ether oxygens (including phenoxy) is 2. The molecule has 3 heterocycles. The van der Waals surface area contributed by atoms with E-state index in [4.69, 9.17) is 9.47 Å². The smallest absolute Gasteiger partial charge is 0.246 e. The Labute approximate surface area is 172 Å². The molecule has 0 saturated carbocycles. The van der Waals surface area contributed by atoms with Crippen LogP contribution in [0, 0.1) is 5.92 Å². The number of nitrogens with zero attached hydrogens (tertiary/aromatic N) is 2. The maximum Gasteiger partial charge on any atom is 0.246 e. The number of fused-ring (bicyclic) bond motifs is 1. The Morgan fingerprint density at radius 3 is 2.28 bits per heavy atom. The Morgan fingerprint density at radius 2 is 1.55 bits per heavy atom. The molecule has 0 unspecified atom stereocenters. The Hall–Kier alpha value is -2.50. The predicted molar refractivity (Wildman–Crippen MR) is 111 cm³/mol. The number of amides is 2. The van der Waals surface area contributed by atoms with Gasteiger partial charge in [0, 0.05) is 38.2 Å². The van der Waals surface area contributed by atoms with Gasteiger partial charge in [-0.2, -0.15) is 0 Å². The van der Waals surface area contributed by atoms with Crippen LogP contribution in [-0.2, 0) is 9.59 Å². The van der Waals surface area contributed by atoms with Crippen LogP contribution in [0.5, 0.6) is 11.5 Å². The van der Waals surface area contributed by atoms with Gasteiger partial charge in [-0.3, -0.25) is 9.59 Å². The van der Waals surface area contributed by atoms with Crippen LogP contribution in [0.3, 0.4) is 0 Å². The molecular weight excluding hydrogens is 368 g/mol. The van der Waals surface area contributed by atoms with Gasteiger partial charge in [0.15, 0.2) is 11.5 Å². The third-order valence-electron chi connectivity index (χ3n) is 6.06. The number of carbonyl (C=O) groups excluding carboxylic acids is 2. The molecule has 2 saturated heterocycles. The molecule has 0 aliphatic carbocycles. The van der Waals surface area contributed by atoms with Crippen LogP contribution in [-0.4, -0.2) is 61.0 Å². The molecule has 3 aliphatic rings. The van der Waals surface area contributed by atoms with E-state index in [2.05, 4.69) is 4.90 Å². The number of carbonyl (C=O) groups is 2. The van der Waals surface area contributed by atoms with Gasteiger partial charge >= 0.3 is 0 Å². The number of hydrogen-bond donors (Lipinski definition) is 0. The summed E-state index contributed by atoms with van der Waals surface area (Å²) in [5.74, 6) is 1.83. The van der Waals surface area contributed by atoms with Crippen molar-refractivity contribution in [2.75, 3.05) is 39.4 Å². The zero-order valence-corrected chi connectivity index (χ0v) is 17.0. The Balaban J connectivity index is 1.28. The first-order valence-electron chi connectivity index (χ1n) is 10.9. The average Bonchev–Trinajstić information content (AvgIpc) is 3.06. The highest BCUT2D eigenvalue weighted by molar-refractivity contribution is 5.92. The lowest BCUT2D eigenvalue weighted by Gasteiger charge is -2.33. The van der Waals surface area contributed by atoms with Crippen LogP contribution in [0.25, 0.3) is 6.08 Å². The Kier molecular flexibility index (Phi) is 6.37. The van der Waals surface area contributed by atoms with E-state index >= 15 is 0 Å². The highest BCUT2D eigenvalue weighted by Crippen LogP contribution is 2.31. The molecule has 0 N–H and O–H groups in total. The Morgan fingerprint density at radius 1 is 0.862 bits per heavy atom. The van der Waals surface area contributed by atoms with E-state index in [-0.39, 0.29) is 11.8 Å². The molecular formula is C23H30N2O4. The molecule has 156 valence electrons. The van der Waals surface area contributed by atoms with E-state index in [0.717, 1.165) is 55.8 Å². The largest absolute Gasteiger partial charge is 0.486 e.